The fourth-order valence-corrected chi connectivity index (χ4v) is 1.85. The molecule has 1 rings (SSSR count). The third-order valence-corrected chi connectivity index (χ3v) is 3.00. The molecular formula is C9H14N2O2S. The fraction of sp³-hybridized carbons (Fsp3) is 0.778. The molecule has 0 saturated heterocycles. The lowest BCUT2D eigenvalue weighted by Gasteiger charge is -2.31. The second-order valence-electron chi connectivity index (χ2n) is 3.45. The number of nitrogens with zero attached hydrogens (tertiary/aromatic N) is 1. The van der Waals surface area contributed by atoms with E-state index in [2.05, 4.69) is 5.32 Å². The van der Waals surface area contributed by atoms with Gasteiger partial charge in [-0.15, -0.1) is 11.8 Å². The molecular weight excluding hydrogens is 200 g/mol. The highest BCUT2D eigenvalue weighted by atomic mass is 32.2. The van der Waals surface area contributed by atoms with Crippen LogP contribution in [0.3, 0.4) is 0 Å². The topological polar surface area (TPSA) is 73.1 Å². The zero-order chi connectivity index (χ0) is 10.4. The third-order valence-electron chi connectivity index (χ3n) is 2.20. The number of hydrogen-bond acceptors (Lipinski definition) is 4. The Morgan fingerprint density at radius 3 is 2.93 bits per heavy atom. The molecule has 0 aromatic carbocycles. The van der Waals surface area contributed by atoms with E-state index in [1.54, 1.807) is 0 Å². The highest BCUT2D eigenvalue weighted by Gasteiger charge is 2.26. The highest BCUT2D eigenvalue weighted by Crippen LogP contribution is 2.25. The lowest BCUT2D eigenvalue weighted by molar-refractivity contribution is -0.119. The van der Waals surface area contributed by atoms with E-state index in [-0.39, 0.29) is 12.0 Å². The lowest BCUT2D eigenvalue weighted by Crippen LogP contribution is -2.39. The summed E-state index contributed by atoms with van der Waals surface area (Å²) in [5.41, 5.74) is 0. The summed E-state index contributed by atoms with van der Waals surface area (Å²) in [7, 11) is 0. The number of thioether (sulfide) groups is 1. The SMILES string of the molecule is N#CCSCC(=O)NCC1CC(O)C1. The van der Waals surface area contributed by atoms with Crippen LogP contribution in [0.2, 0.25) is 0 Å². The molecule has 1 fully saturated rings. The second-order valence-corrected chi connectivity index (χ2v) is 4.43. The van der Waals surface area contributed by atoms with Crippen molar-refractivity contribution in [2.45, 2.75) is 18.9 Å². The minimum absolute atomic E-state index is 0.0216. The molecule has 4 nitrogen and oxygen atoms in total. The van der Waals surface area contributed by atoms with E-state index in [1.165, 1.54) is 11.8 Å². The summed E-state index contributed by atoms with van der Waals surface area (Å²) < 4.78 is 0. The van der Waals surface area contributed by atoms with Crippen LogP contribution in [0, 0.1) is 17.2 Å². The van der Waals surface area contributed by atoms with Crippen LogP contribution in [-0.2, 0) is 4.79 Å². The molecule has 0 bridgehead atoms. The van der Waals surface area contributed by atoms with Crippen LogP contribution in [0.5, 0.6) is 0 Å². The summed E-state index contributed by atoms with van der Waals surface area (Å²) in [5.74, 6) is 1.12. The van der Waals surface area contributed by atoms with Crippen molar-refractivity contribution in [1.82, 2.24) is 5.32 Å². The summed E-state index contributed by atoms with van der Waals surface area (Å²) >= 11 is 1.32. The first kappa shape index (κ1) is 11.3. The predicted octanol–water partition coefficient (Wildman–Crippen LogP) is 0.130. The molecule has 0 heterocycles. The Balaban J connectivity index is 1.96. The van der Waals surface area contributed by atoms with Gasteiger partial charge < -0.3 is 10.4 Å². The van der Waals surface area contributed by atoms with Gasteiger partial charge in [-0.1, -0.05) is 0 Å². The number of amides is 1. The summed E-state index contributed by atoms with van der Waals surface area (Å²) in [6, 6.07) is 1.97. The van der Waals surface area contributed by atoms with E-state index in [0.717, 1.165) is 12.8 Å². The Hall–Kier alpha value is -0.730. The molecule has 0 aromatic heterocycles. The largest absolute Gasteiger partial charge is 0.393 e. The van der Waals surface area contributed by atoms with Crippen molar-refractivity contribution in [3.05, 3.63) is 0 Å². The van der Waals surface area contributed by atoms with Crippen LogP contribution < -0.4 is 5.32 Å². The van der Waals surface area contributed by atoms with Gasteiger partial charge in [-0.3, -0.25) is 4.79 Å². The smallest absolute Gasteiger partial charge is 0.230 e. The van der Waals surface area contributed by atoms with Crippen molar-refractivity contribution < 1.29 is 9.90 Å². The quantitative estimate of drug-likeness (QED) is 0.638. The van der Waals surface area contributed by atoms with Gasteiger partial charge in [0.05, 0.1) is 23.7 Å². The van der Waals surface area contributed by atoms with Crippen molar-refractivity contribution in [1.29, 1.82) is 5.26 Å². The molecule has 0 unspecified atom stereocenters. The van der Waals surface area contributed by atoms with Crippen LogP contribution >= 0.6 is 11.8 Å². The van der Waals surface area contributed by atoms with Crippen LogP contribution in [0.1, 0.15) is 12.8 Å². The van der Waals surface area contributed by atoms with Gasteiger partial charge in [-0.2, -0.15) is 5.26 Å². The van der Waals surface area contributed by atoms with Crippen molar-refractivity contribution >= 4 is 17.7 Å². The van der Waals surface area contributed by atoms with Gasteiger partial charge in [0.15, 0.2) is 0 Å². The van der Waals surface area contributed by atoms with E-state index in [0.29, 0.717) is 24.0 Å². The summed E-state index contributed by atoms with van der Waals surface area (Å²) in [6.45, 7) is 0.656. The molecule has 5 heteroatoms. The number of nitriles is 1. The normalized spacial score (nSPS) is 24.9. The summed E-state index contributed by atoms with van der Waals surface area (Å²) in [6.07, 6.45) is 1.43. The van der Waals surface area contributed by atoms with Gasteiger partial charge in [-0.05, 0) is 18.8 Å². The average molecular weight is 214 g/mol. The van der Waals surface area contributed by atoms with Crippen LogP contribution in [0.25, 0.3) is 0 Å². The average Bonchev–Trinajstić information content (AvgIpc) is 2.11. The molecule has 0 radical (unpaired) electrons. The first-order chi connectivity index (χ1) is 6.72. The zero-order valence-corrected chi connectivity index (χ0v) is 8.72. The molecule has 0 atom stereocenters. The molecule has 78 valence electrons. The Labute approximate surface area is 87.7 Å². The van der Waals surface area contributed by atoms with Crippen molar-refractivity contribution in [3.63, 3.8) is 0 Å². The van der Waals surface area contributed by atoms with Crippen molar-refractivity contribution in [2.75, 3.05) is 18.1 Å². The summed E-state index contributed by atoms with van der Waals surface area (Å²) in [4.78, 5) is 11.1. The van der Waals surface area contributed by atoms with Crippen molar-refractivity contribution in [3.8, 4) is 6.07 Å². The molecule has 14 heavy (non-hydrogen) atoms. The van der Waals surface area contributed by atoms with Crippen LogP contribution in [0.4, 0.5) is 0 Å². The minimum atomic E-state index is -0.162. The first-order valence-corrected chi connectivity index (χ1v) is 5.77. The number of aliphatic hydroxyl groups is 1. The fourth-order valence-electron chi connectivity index (χ4n) is 1.37. The number of carbonyl (C=O) groups excluding carboxylic acids is 1. The molecule has 0 aliphatic heterocycles. The highest BCUT2D eigenvalue weighted by molar-refractivity contribution is 8.00. The number of aliphatic hydroxyl groups excluding tert-OH is 1. The van der Waals surface area contributed by atoms with Gasteiger partial charge in [0.1, 0.15) is 0 Å². The third kappa shape index (κ3) is 3.99. The number of nitrogens with one attached hydrogen (secondary N) is 1. The molecule has 1 aliphatic carbocycles. The Bertz CT molecular complexity index is 233. The van der Waals surface area contributed by atoms with E-state index in [1.807, 2.05) is 6.07 Å². The van der Waals surface area contributed by atoms with E-state index < -0.39 is 0 Å². The van der Waals surface area contributed by atoms with Crippen molar-refractivity contribution in [2.24, 2.45) is 5.92 Å². The Kier molecular flexibility index (Phi) is 4.77. The molecule has 2 N–H and O–H groups in total. The number of hydrogen-bond donors (Lipinski definition) is 2. The molecule has 0 spiro atoms. The second kappa shape index (κ2) is 5.89. The van der Waals surface area contributed by atoms with Crippen LogP contribution in [-0.4, -0.2) is 35.2 Å². The summed E-state index contributed by atoms with van der Waals surface area (Å²) in [5, 5.41) is 20.0. The maximum Gasteiger partial charge on any atom is 0.230 e. The van der Waals surface area contributed by atoms with E-state index in [4.69, 9.17) is 10.4 Å². The van der Waals surface area contributed by atoms with Gasteiger partial charge in [0.2, 0.25) is 5.91 Å². The van der Waals surface area contributed by atoms with Gasteiger partial charge in [0, 0.05) is 6.54 Å². The molecule has 1 amide bonds. The molecule has 1 aliphatic rings. The maximum atomic E-state index is 11.1. The van der Waals surface area contributed by atoms with Crippen LogP contribution in [0.15, 0.2) is 0 Å². The Morgan fingerprint density at radius 2 is 2.36 bits per heavy atom. The zero-order valence-electron chi connectivity index (χ0n) is 7.90. The maximum absolute atomic E-state index is 11.1. The molecule has 0 aromatic rings. The molecule has 1 saturated carbocycles. The number of carbonyl (C=O) groups is 1. The minimum Gasteiger partial charge on any atom is -0.393 e. The Morgan fingerprint density at radius 1 is 1.64 bits per heavy atom. The lowest BCUT2D eigenvalue weighted by atomic mass is 9.82. The first-order valence-electron chi connectivity index (χ1n) is 4.62. The van der Waals surface area contributed by atoms with Gasteiger partial charge >= 0.3 is 0 Å². The number of rotatable bonds is 5. The van der Waals surface area contributed by atoms with E-state index >= 15 is 0 Å². The predicted molar refractivity (Wildman–Crippen MR) is 54.7 cm³/mol. The monoisotopic (exact) mass is 214 g/mol. The van der Waals surface area contributed by atoms with Gasteiger partial charge in [-0.25, -0.2) is 0 Å². The standard InChI is InChI=1S/C9H14N2O2S/c10-1-2-14-6-9(13)11-5-7-3-8(12)4-7/h7-8,12H,2-6H2,(H,11,13). The van der Waals surface area contributed by atoms with Gasteiger partial charge in [0.25, 0.3) is 0 Å². The van der Waals surface area contributed by atoms with E-state index in [9.17, 15) is 4.79 Å².